The Morgan fingerprint density at radius 1 is 0.553 bits per heavy atom. The number of allylic oxidation sites excluding steroid dienone is 1. The molecule has 4 nitrogen and oxygen atoms in total. The van der Waals surface area contributed by atoms with Gasteiger partial charge in [-0.1, -0.05) is 148 Å². The SMILES string of the molecule is CCCCCCCCCCCCCCCc1nnc(CCCCCCC/C=C/CC(O)CCCCCC)o1. The largest absolute Gasteiger partial charge is 0.425 e. The van der Waals surface area contributed by atoms with Gasteiger partial charge in [0.1, 0.15) is 0 Å². The van der Waals surface area contributed by atoms with Crippen LogP contribution in [0.5, 0.6) is 0 Å². The summed E-state index contributed by atoms with van der Waals surface area (Å²) in [4.78, 5) is 0. The van der Waals surface area contributed by atoms with Crippen molar-refractivity contribution in [2.45, 2.75) is 193 Å². The smallest absolute Gasteiger partial charge is 0.216 e. The van der Waals surface area contributed by atoms with Gasteiger partial charge in [-0.2, -0.15) is 0 Å². The minimum atomic E-state index is -0.150. The molecule has 1 heterocycles. The first-order chi connectivity index (χ1) is 18.8. The normalized spacial score (nSPS) is 12.6. The zero-order valence-corrected chi connectivity index (χ0v) is 25.6. The lowest BCUT2D eigenvalue weighted by Crippen LogP contribution is -2.04. The fourth-order valence-corrected chi connectivity index (χ4v) is 5.15. The third-order valence-electron chi connectivity index (χ3n) is 7.73. The van der Waals surface area contributed by atoms with E-state index in [2.05, 4.69) is 36.2 Å². The lowest BCUT2D eigenvalue weighted by atomic mass is 10.0. The molecule has 0 fully saturated rings. The highest BCUT2D eigenvalue weighted by molar-refractivity contribution is 4.84. The summed E-state index contributed by atoms with van der Waals surface area (Å²) in [6.45, 7) is 4.51. The van der Waals surface area contributed by atoms with E-state index in [0.717, 1.165) is 56.7 Å². The number of unbranched alkanes of at least 4 members (excludes halogenated alkanes) is 20. The number of hydrogen-bond acceptors (Lipinski definition) is 4. The molecule has 0 amide bonds. The van der Waals surface area contributed by atoms with E-state index in [1.807, 2.05) is 0 Å². The van der Waals surface area contributed by atoms with Crippen molar-refractivity contribution in [3.05, 3.63) is 23.9 Å². The Labute approximate surface area is 236 Å². The zero-order valence-electron chi connectivity index (χ0n) is 25.6. The molecule has 0 saturated heterocycles. The average Bonchev–Trinajstić information content (AvgIpc) is 3.38. The van der Waals surface area contributed by atoms with Crippen LogP contribution in [0.3, 0.4) is 0 Å². The molecule has 1 rings (SSSR count). The van der Waals surface area contributed by atoms with Gasteiger partial charge < -0.3 is 9.52 Å². The quantitative estimate of drug-likeness (QED) is 0.0823. The van der Waals surface area contributed by atoms with E-state index in [1.165, 1.54) is 128 Å². The number of hydrogen-bond donors (Lipinski definition) is 1. The molecule has 1 N–H and O–H groups in total. The van der Waals surface area contributed by atoms with Gasteiger partial charge in [-0.25, -0.2) is 0 Å². The number of aliphatic hydroxyl groups is 1. The Balaban J connectivity index is 1.87. The summed E-state index contributed by atoms with van der Waals surface area (Å²) in [5, 5.41) is 18.5. The second-order valence-corrected chi connectivity index (χ2v) is 11.6. The number of aromatic nitrogens is 2. The summed E-state index contributed by atoms with van der Waals surface area (Å²) in [6, 6.07) is 0. The Bertz CT molecular complexity index is 628. The molecule has 0 spiro atoms. The van der Waals surface area contributed by atoms with Crippen LogP contribution >= 0.6 is 0 Å². The van der Waals surface area contributed by atoms with Gasteiger partial charge in [0.25, 0.3) is 0 Å². The van der Waals surface area contributed by atoms with Crippen LogP contribution in [-0.4, -0.2) is 21.4 Å². The van der Waals surface area contributed by atoms with E-state index >= 15 is 0 Å². The summed E-state index contributed by atoms with van der Waals surface area (Å²) < 4.78 is 5.87. The van der Waals surface area contributed by atoms with Crippen molar-refractivity contribution in [2.75, 3.05) is 0 Å². The standard InChI is InChI=1S/C34H64N2O2/c1-3-5-7-9-10-11-12-13-14-15-19-22-26-30-33-35-36-34(38-33)31-27-23-20-17-16-18-21-25-29-32(37)28-24-8-6-4-2/h21,25,32,37H,3-20,22-24,26-31H2,1-2H3/b25-21+. The van der Waals surface area contributed by atoms with E-state index in [-0.39, 0.29) is 6.10 Å². The highest BCUT2D eigenvalue weighted by atomic mass is 16.4. The first-order valence-corrected chi connectivity index (χ1v) is 16.9. The first kappa shape index (κ1) is 34.9. The molecule has 4 heteroatoms. The van der Waals surface area contributed by atoms with Crippen molar-refractivity contribution in [2.24, 2.45) is 0 Å². The number of aryl methyl sites for hydroxylation is 2. The van der Waals surface area contributed by atoms with Crippen molar-refractivity contribution < 1.29 is 9.52 Å². The first-order valence-electron chi connectivity index (χ1n) is 16.9. The van der Waals surface area contributed by atoms with Crippen LogP contribution in [0.4, 0.5) is 0 Å². The van der Waals surface area contributed by atoms with Gasteiger partial charge in [-0.05, 0) is 38.5 Å². The van der Waals surface area contributed by atoms with Gasteiger partial charge in [0.05, 0.1) is 6.10 Å². The van der Waals surface area contributed by atoms with Crippen molar-refractivity contribution in [1.29, 1.82) is 0 Å². The van der Waals surface area contributed by atoms with Crippen LogP contribution in [0, 0.1) is 0 Å². The summed E-state index contributed by atoms with van der Waals surface area (Å²) in [5.41, 5.74) is 0. The van der Waals surface area contributed by atoms with E-state index < -0.39 is 0 Å². The van der Waals surface area contributed by atoms with Gasteiger partial charge >= 0.3 is 0 Å². The van der Waals surface area contributed by atoms with Gasteiger partial charge in [0.2, 0.25) is 11.8 Å². The van der Waals surface area contributed by atoms with Crippen LogP contribution in [0.1, 0.15) is 186 Å². The summed E-state index contributed by atoms with van der Waals surface area (Å²) in [6.07, 6.45) is 38.1. The molecule has 0 radical (unpaired) electrons. The van der Waals surface area contributed by atoms with Crippen molar-refractivity contribution in [3.8, 4) is 0 Å². The van der Waals surface area contributed by atoms with Gasteiger partial charge in [0, 0.05) is 12.8 Å². The number of aliphatic hydroxyl groups excluding tert-OH is 1. The molecule has 1 atom stereocenters. The maximum absolute atomic E-state index is 10.0. The number of nitrogens with zero attached hydrogens (tertiary/aromatic N) is 2. The third-order valence-corrected chi connectivity index (χ3v) is 7.73. The van der Waals surface area contributed by atoms with Crippen molar-refractivity contribution >= 4 is 0 Å². The van der Waals surface area contributed by atoms with E-state index in [9.17, 15) is 5.11 Å². The van der Waals surface area contributed by atoms with Crippen LogP contribution in [0.25, 0.3) is 0 Å². The predicted octanol–water partition coefficient (Wildman–Crippen LogP) is 10.9. The molecule has 1 unspecified atom stereocenters. The molecule has 0 aromatic carbocycles. The van der Waals surface area contributed by atoms with E-state index in [1.54, 1.807) is 0 Å². The minimum Gasteiger partial charge on any atom is -0.425 e. The Morgan fingerprint density at radius 3 is 1.47 bits per heavy atom. The summed E-state index contributed by atoms with van der Waals surface area (Å²) in [7, 11) is 0. The van der Waals surface area contributed by atoms with Crippen LogP contribution < -0.4 is 0 Å². The highest BCUT2D eigenvalue weighted by Gasteiger charge is 2.06. The van der Waals surface area contributed by atoms with Gasteiger partial charge in [-0.15, -0.1) is 10.2 Å². The fraction of sp³-hybridized carbons (Fsp3) is 0.882. The topological polar surface area (TPSA) is 59.2 Å². The summed E-state index contributed by atoms with van der Waals surface area (Å²) >= 11 is 0. The molecule has 1 aromatic heterocycles. The molecule has 38 heavy (non-hydrogen) atoms. The molecule has 0 aliphatic carbocycles. The molecule has 0 aliphatic rings. The molecule has 0 saturated carbocycles. The third kappa shape index (κ3) is 22.8. The highest BCUT2D eigenvalue weighted by Crippen LogP contribution is 2.15. The second kappa shape index (κ2) is 27.4. The Hall–Kier alpha value is -1.16. The van der Waals surface area contributed by atoms with Crippen LogP contribution in [0.2, 0.25) is 0 Å². The van der Waals surface area contributed by atoms with Gasteiger partial charge in [0.15, 0.2) is 0 Å². The maximum atomic E-state index is 10.0. The molecular weight excluding hydrogens is 468 g/mol. The van der Waals surface area contributed by atoms with Crippen LogP contribution in [-0.2, 0) is 12.8 Å². The maximum Gasteiger partial charge on any atom is 0.216 e. The number of rotatable bonds is 29. The molecule has 1 aromatic rings. The predicted molar refractivity (Wildman–Crippen MR) is 164 cm³/mol. The van der Waals surface area contributed by atoms with Gasteiger partial charge in [-0.3, -0.25) is 0 Å². The van der Waals surface area contributed by atoms with Crippen molar-refractivity contribution in [1.82, 2.24) is 10.2 Å². The molecule has 0 bridgehead atoms. The van der Waals surface area contributed by atoms with E-state index in [0.29, 0.717) is 0 Å². The Morgan fingerprint density at radius 2 is 0.974 bits per heavy atom. The van der Waals surface area contributed by atoms with Crippen molar-refractivity contribution in [3.63, 3.8) is 0 Å². The lowest BCUT2D eigenvalue weighted by molar-refractivity contribution is 0.163. The van der Waals surface area contributed by atoms with E-state index in [4.69, 9.17) is 4.42 Å². The second-order valence-electron chi connectivity index (χ2n) is 11.6. The molecule has 222 valence electrons. The molecular formula is C34H64N2O2. The summed E-state index contributed by atoms with van der Waals surface area (Å²) in [5.74, 6) is 1.66. The molecule has 0 aliphatic heterocycles. The minimum absolute atomic E-state index is 0.150. The Kier molecular flexibility index (Phi) is 25.1. The fourth-order valence-electron chi connectivity index (χ4n) is 5.15. The monoisotopic (exact) mass is 532 g/mol. The van der Waals surface area contributed by atoms with Crippen LogP contribution in [0.15, 0.2) is 16.6 Å². The average molecular weight is 533 g/mol. The lowest BCUT2D eigenvalue weighted by Gasteiger charge is -2.07. The zero-order chi connectivity index (χ0) is 27.4.